The van der Waals surface area contributed by atoms with E-state index < -0.39 is 35.0 Å². The fourth-order valence-electron chi connectivity index (χ4n) is 4.83. The van der Waals surface area contributed by atoms with Crippen LogP contribution in [0.4, 0.5) is 22.4 Å². The molecule has 292 valence electrons. The van der Waals surface area contributed by atoms with E-state index in [1.54, 1.807) is 39.0 Å². The van der Waals surface area contributed by atoms with Gasteiger partial charge in [0.2, 0.25) is 0 Å². The number of benzene rings is 2. The molecular weight excluding hydrogens is 775 g/mol. The Morgan fingerprint density at radius 3 is 1.40 bits per heavy atom. The van der Waals surface area contributed by atoms with E-state index >= 15 is 0 Å². The van der Waals surface area contributed by atoms with E-state index in [0.29, 0.717) is 31.2 Å². The lowest BCUT2D eigenvalue weighted by Crippen LogP contribution is -2.35. The highest BCUT2D eigenvalue weighted by atomic mass is 35.5. The minimum absolute atomic E-state index is 0. The number of hydrogen-bond acceptors (Lipinski definition) is 9. The topological polar surface area (TPSA) is 124 Å². The number of amides is 1. The van der Waals surface area contributed by atoms with Crippen LogP contribution in [0.25, 0.3) is 0 Å². The quantitative estimate of drug-likeness (QED) is 0.116. The van der Waals surface area contributed by atoms with Gasteiger partial charge < -0.3 is 15.8 Å². The van der Waals surface area contributed by atoms with Gasteiger partial charge in [0.25, 0.3) is 0 Å². The number of ether oxygens (including phenoxy) is 1. The SMILES string of the molecule is Cc1nc(CCc2ccc(CCC(=O)CN)c(F)c2F)cs1.Cc1nc(CCc2ccc(CCC(=O)CNC(=O)OC(C)(C)C)c(F)c2F)cs1.Cl.Cl. The van der Waals surface area contributed by atoms with Gasteiger partial charge in [-0.3, -0.25) is 9.59 Å². The molecule has 0 aliphatic carbocycles. The van der Waals surface area contributed by atoms with Crippen molar-refractivity contribution >= 4 is 65.1 Å². The number of alkyl carbamates (subject to hydrolysis) is 1. The third-order valence-corrected chi connectivity index (χ3v) is 9.17. The van der Waals surface area contributed by atoms with Gasteiger partial charge in [-0.15, -0.1) is 47.5 Å². The summed E-state index contributed by atoms with van der Waals surface area (Å²) in [6.45, 7) is 8.66. The van der Waals surface area contributed by atoms with Crippen LogP contribution >= 0.6 is 47.5 Å². The van der Waals surface area contributed by atoms with Crippen LogP contribution in [0.15, 0.2) is 35.0 Å². The van der Waals surface area contributed by atoms with Crippen molar-refractivity contribution in [3.05, 3.63) is 102 Å². The lowest BCUT2D eigenvalue weighted by molar-refractivity contribution is -0.118. The number of carbonyl (C=O) groups excluding carboxylic acids is 3. The Balaban J connectivity index is 0.000000528. The molecule has 2 aromatic carbocycles. The van der Waals surface area contributed by atoms with E-state index in [2.05, 4.69) is 15.3 Å². The van der Waals surface area contributed by atoms with Gasteiger partial charge >= 0.3 is 6.09 Å². The number of hydrogen-bond donors (Lipinski definition) is 2. The number of ketones is 2. The summed E-state index contributed by atoms with van der Waals surface area (Å²) in [7, 11) is 0. The first-order valence-electron chi connectivity index (χ1n) is 16.5. The van der Waals surface area contributed by atoms with E-state index in [9.17, 15) is 31.9 Å². The third kappa shape index (κ3) is 16.2. The Morgan fingerprint density at radius 2 is 1.06 bits per heavy atom. The van der Waals surface area contributed by atoms with Crippen LogP contribution < -0.4 is 11.1 Å². The van der Waals surface area contributed by atoms with Crippen LogP contribution in [0.3, 0.4) is 0 Å². The van der Waals surface area contributed by atoms with Crippen molar-refractivity contribution in [2.45, 2.75) is 91.6 Å². The van der Waals surface area contributed by atoms with Gasteiger partial charge in [0.05, 0.1) is 34.5 Å². The van der Waals surface area contributed by atoms with Gasteiger partial charge in [-0.1, -0.05) is 24.3 Å². The van der Waals surface area contributed by atoms with Crippen LogP contribution in [0.2, 0.25) is 0 Å². The summed E-state index contributed by atoms with van der Waals surface area (Å²) in [4.78, 5) is 43.2. The molecule has 0 atom stereocenters. The molecule has 0 saturated heterocycles. The van der Waals surface area contributed by atoms with Crippen LogP contribution in [0.1, 0.15) is 77.3 Å². The van der Waals surface area contributed by atoms with E-state index in [1.807, 2.05) is 24.6 Å². The largest absolute Gasteiger partial charge is 0.444 e. The maximum Gasteiger partial charge on any atom is 0.408 e. The Labute approximate surface area is 328 Å². The van der Waals surface area contributed by atoms with Gasteiger partial charge in [-0.2, -0.15) is 0 Å². The molecule has 53 heavy (non-hydrogen) atoms. The summed E-state index contributed by atoms with van der Waals surface area (Å²) in [5, 5.41) is 8.10. The molecule has 2 heterocycles. The second-order valence-electron chi connectivity index (χ2n) is 12.9. The van der Waals surface area contributed by atoms with Gasteiger partial charge in [0.1, 0.15) is 11.4 Å². The number of halogens is 6. The molecule has 2 aromatic heterocycles. The van der Waals surface area contributed by atoms with Crippen molar-refractivity contribution < 1.29 is 36.7 Å². The molecule has 1 amide bonds. The summed E-state index contributed by atoms with van der Waals surface area (Å²) < 4.78 is 61.8. The van der Waals surface area contributed by atoms with Crippen molar-refractivity contribution in [2.75, 3.05) is 13.1 Å². The number of nitrogens with one attached hydrogen (secondary N) is 1. The van der Waals surface area contributed by atoms with E-state index in [4.69, 9.17) is 10.5 Å². The lowest BCUT2D eigenvalue weighted by Gasteiger charge is -2.19. The van der Waals surface area contributed by atoms with Crippen LogP contribution in [-0.4, -0.2) is 46.3 Å². The summed E-state index contributed by atoms with van der Waals surface area (Å²) in [6, 6.07) is 6.19. The first-order valence-corrected chi connectivity index (χ1v) is 18.3. The second-order valence-corrected chi connectivity index (χ2v) is 15.0. The minimum Gasteiger partial charge on any atom is -0.444 e. The zero-order valence-electron chi connectivity index (χ0n) is 30.3. The molecule has 3 N–H and O–H groups in total. The predicted molar refractivity (Wildman–Crippen MR) is 206 cm³/mol. The highest BCUT2D eigenvalue weighted by Gasteiger charge is 2.18. The van der Waals surface area contributed by atoms with Crippen LogP contribution in [-0.2, 0) is 52.9 Å². The number of aryl methyl sites for hydroxylation is 8. The number of Topliss-reactive ketones (excluding diaryl/α,β-unsaturated/α-hetero) is 2. The van der Waals surface area contributed by atoms with E-state index in [-0.39, 0.29) is 91.8 Å². The van der Waals surface area contributed by atoms with Gasteiger partial charge in [0.15, 0.2) is 29.1 Å². The maximum absolute atomic E-state index is 14.4. The fraction of sp³-hybridized carbons (Fsp3) is 0.432. The van der Waals surface area contributed by atoms with E-state index in [1.165, 1.54) is 28.7 Å². The van der Waals surface area contributed by atoms with Crippen LogP contribution in [0, 0.1) is 37.1 Å². The molecule has 0 radical (unpaired) electrons. The van der Waals surface area contributed by atoms with Gasteiger partial charge in [-0.25, -0.2) is 32.3 Å². The second kappa shape index (κ2) is 22.7. The van der Waals surface area contributed by atoms with Gasteiger partial charge in [-0.05, 0) is 95.4 Å². The fourth-order valence-corrected chi connectivity index (χ4v) is 6.12. The van der Waals surface area contributed by atoms with Crippen molar-refractivity contribution in [1.29, 1.82) is 0 Å². The highest BCUT2D eigenvalue weighted by molar-refractivity contribution is 7.09. The Bertz CT molecular complexity index is 1820. The number of thiazole rings is 2. The van der Waals surface area contributed by atoms with Crippen LogP contribution in [0.5, 0.6) is 0 Å². The monoisotopic (exact) mass is 820 g/mol. The third-order valence-electron chi connectivity index (χ3n) is 7.52. The molecule has 0 aliphatic rings. The Hall–Kier alpha value is -3.43. The van der Waals surface area contributed by atoms with E-state index in [0.717, 1.165) is 21.4 Å². The van der Waals surface area contributed by atoms with Crippen molar-refractivity contribution in [2.24, 2.45) is 5.73 Å². The smallest absolute Gasteiger partial charge is 0.408 e. The zero-order valence-corrected chi connectivity index (χ0v) is 33.6. The molecular formula is C37H46Cl2F4N4O4S2. The molecule has 4 aromatic rings. The molecule has 0 spiro atoms. The number of aromatic nitrogens is 2. The standard InChI is InChI=1S/C21H26F2N2O3S.C16H18F2N2OS.2ClH/c1-13-25-16(12-29-13)9-7-14-5-6-15(19(23)18(14)22)8-10-17(26)11-24-20(27)28-21(2,3)4;1-10-20-13(9-22-10)6-4-11-2-3-12(16(18)15(11)17)5-7-14(21)8-19;;/h5-6,12H,7-11H2,1-4H3,(H,24,27);2-3,9H,4-8,19H2,1H3;2*1H. The maximum atomic E-state index is 14.4. The summed E-state index contributed by atoms with van der Waals surface area (Å²) in [5.74, 6) is -3.96. The first-order chi connectivity index (χ1) is 24.1. The lowest BCUT2D eigenvalue weighted by atomic mass is 10.0. The molecule has 0 unspecified atom stereocenters. The first kappa shape index (κ1) is 47.6. The number of nitrogens with two attached hydrogens (primary N) is 1. The number of carbonyl (C=O) groups is 3. The predicted octanol–water partition coefficient (Wildman–Crippen LogP) is 8.36. The van der Waals surface area contributed by atoms with Crippen molar-refractivity contribution in [1.82, 2.24) is 15.3 Å². The molecule has 0 saturated carbocycles. The summed E-state index contributed by atoms with van der Waals surface area (Å²) >= 11 is 3.06. The summed E-state index contributed by atoms with van der Waals surface area (Å²) in [6.07, 6.45) is 1.52. The van der Waals surface area contributed by atoms with Crippen molar-refractivity contribution in [3.8, 4) is 0 Å². The van der Waals surface area contributed by atoms with Gasteiger partial charge in [0, 0.05) is 23.6 Å². The number of nitrogens with zero attached hydrogens (tertiary/aromatic N) is 2. The average molecular weight is 822 g/mol. The molecule has 16 heteroatoms. The molecule has 8 nitrogen and oxygen atoms in total. The Kier molecular flexibility index (Phi) is 20.4. The molecule has 0 bridgehead atoms. The molecule has 0 aliphatic heterocycles. The van der Waals surface area contributed by atoms with Crippen molar-refractivity contribution in [3.63, 3.8) is 0 Å². The summed E-state index contributed by atoms with van der Waals surface area (Å²) in [5.41, 5.74) is 7.27. The normalized spacial score (nSPS) is 10.8. The Morgan fingerprint density at radius 1 is 0.679 bits per heavy atom. The average Bonchev–Trinajstić information content (AvgIpc) is 3.70. The molecule has 0 fully saturated rings. The molecule has 4 rings (SSSR count). The zero-order chi connectivity index (χ0) is 37.7. The number of rotatable bonds is 15. The minimum atomic E-state index is -0.926. The highest BCUT2D eigenvalue weighted by Crippen LogP contribution is 2.22.